The van der Waals surface area contributed by atoms with Crippen LogP contribution in [0.4, 0.5) is 4.39 Å². The van der Waals surface area contributed by atoms with Crippen molar-refractivity contribution in [3.63, 3.8) is 0 Å². The minimum atomic E-state index is -0.229. The molecule has 84 valence electrons. The molecule has 0 aliphatic carbocycles. The van der Waals surface area contributed by atoms with E-state index in [1.807, 2.05) is 6.92 Å². The molecule has 0 radical (unpaired) electrons. The fraction of sp³-hybridized carbons (Fsp3) is 0.455. The van der Waals surface area contributed by atoms with Crippen LogP contribution in [0, 0.1) is 11.7 Å². The average Bonchev–Trinajstić information content (AvgIpc) is 2.23. The third-order valence-corrected chi connectivity index (χ3v) is 2.45. The second-order valence-electron chi connectivity index (χ2n) is 3.71. The lowest BCUT2D eigenvalue weighted by atomic mass is 10.1. The summed E-state index contributed by atoms with van der Waals surface area (Å²) in [6, 6.07) is 4.56. The molecule has 0 aliphatic heterocycles. The van der Waals surface area contributed by atoms with Gasteiger partial charge in [-0.15, -0.1) is 0 Å². The van der Waals surface area contributed by atoms with Crippen LogP contribution in [0.25, 0.3) is 0 Å². The normalized spacial score (nSPS) is 12.8. The smallest absolute Gasteiger partial charge is 0.127 e. The van der Waals surface area contributed by atoms with Crippen LogP contribution >= 0.6 is 11.6 Å². The molecule has 1 atom stereocenters. The van der Waals surface area contributed by atoms with Gasteiger partial charge in [0.1, 0.15) is 5.82 Å². The first-order chi connectivity index (χ1) is 7.13. The van der Waals surface area contributed by atoms with Crippen LogP contribution in [0.3, 0.4) is 0 Å². The van der Waals surface area contributed by atoms with Crippen LogP contribution < -0.4 is 11.1 Å². The molecule has 0 heterocycles. The molecule has 0 bridgehead atoms. The van der Waals surface area contributed by atoms with E-state index in [4.69, 9.17) is 17.3 Å². The summed E-state index contributed by atoms with van der Waals surface area (Å²) in [5, 5.41) is 3.70. The molecule has 15 heavy (non-hydrogen) atoms. The first kappa shape index (κ1) is 12.4. The van der Waals surface area contributed by atoms with Crippen molar-refractivity contribution in [2.24, 2.45) is 11.7 Å². The van der Waals surface area contributed by atoms with Gasteiger partial charge in [-0.3, -0.25) is 0 Å². The van der Waals surface area contributed by atoms with Crippen molar-refractivity contribution in [3.05, 3.63) is 34.6 Å². The Hall–Kier alpha value is -0.640. The lowest BCUT2D eigenvalue weighted by Crippen LogP contribution is -2.26. The van der Waals surface area contributed by atoms with Crippen LogP contribution in [0.1, 0.15) is 12.5 Å². The second-order valence-corrected chi connectivity index (χ2v) is 4.14. The second kappa shape index (κ2) is 6.05. The van der Waals surface area contributed by atoms with E-state index < -0.39 is 0 Å². The minimum Gasteiger partial charge on any atom is -0.330 e. The van der Waals surface area contributed by atoms with Crippen LogP contribution in [0.15, 0.2) is 18.2 Å². The molecule has 0 saturated carbocycles. The van der Waals surface area contributed by atoms with Crippen molar-refractivity contribution in [1.82, 2.24) is 5.32 Å². The lowest BCUT2D eigenvalue weighted by Gasteiger charge is -2.10. The molecule has 0 spiro atoms. The van der Waals surface area contributed by atoms with Crippen LogP contribution in [-0.2, 0) is 6.54 Å². The summed E-state index contributed by atoms with van der Waals surface area (Å²) in [6.45, 7) is 3.94. The van der Waals surface area contributed by atoms with E-state index in [2.05, 4.69) is 5.32 Å². The molecule has 2 nitrogen and oxygen atoms in total. The molecule has 1 rings (SSSR count). The van der Waals surface area contributed by atoms with Crippen molar-refractivity contribution in [3.8, 4) is 0 Å². The van der Waals surface area contributed by atoms with E-state index in [0.29, 0.717) is 29.6 Å². The zero-order valence-corrected chi connectivity index (χ0v) is 9.52. The lowest BCUT2D eigenvalue weighted by molar-refractivity contribution is 0.511. The summed E-state index contributed by atoms with van der Waals surface area (Å²) >= 11 is 5.77. The number of rotatable bonds is 5. The summed E-state index contributed by atoms with van der Waals surface area (Å²) in [4.78, 5) is 0. The molecule has 0 saturated heterocycles. The quantitative estimate of drug-likeness (QED) is 0.814. The maximum atomic E-state index is 13.3. The van der Waals surface area contributed by atoms with Gasteiger partial charge in [0, 0.05) is 17.1 Å². The minimum absolute atomic E-state index is 0.229. The molecule has 0 aromatic heterocycles. The summed E-state index contributed by atoms with van der Waals surface area (Å²) in [5.74, 6) is 0.166. The highest BCUT2D eigenvalue weighted by Crippen LogP contribution is 2.14. The Balaban J connectivity index is 2.46. The van der Waals surface area contributed by atoms with Gasteiger partial charge in [-0.05, 0) is 37.2 Å². The molecule has 1 unspecified atom stereocenters. The summed E-state index contributed by atoms with van der Waals surface area (Å²) in [6.07, 6.45) is 0. The highest BCUT2D eigenvalue weighted by Gasteiger charge is 2.03. The van der Waals surface area contributed by atoms with Crippen molar-refractivity contribution in [2.75, 3.05) is 13.1 Å². The van der Waals surface area contributed by atoms with Gasteiger partial charge >= 0.3 is 0 Å². The highest BCUT2D eigenvalue weighted by molar-refractivity contribution is 6.30. The van der Waals surface area contributed by atoms with E-state index in [1.165, 1.54) is 6.07 Å². The first-order valence-corrected chi connectivity index (χ1v) is 5.36. The monoisotopic (exact) mass is 230 g/mol. The number of hydrogen-bond acceptors (Lipinski definition) is 2. The Kier molecular flexibility index (Phi) is 5.02. The van der Waals surface area contributed by atoms with E-state index in [9.17, 15) is 4.39 Å². The van der Waals surface area contributed by atoms with Gasteiger partial charge < -0.3 is 11.1 Å². The van der Waals surface area contributed by atoms with Crippen LogP contribution in [-0.4, -0.2) is 13.1 Å². The molecule has 3 N–H and O–H groups in total. The van der Waals surface area contributed by atoms with Gasteiger partial charge in [0.05, 0.1) is 0 Å². The predicted molar refractivity (Wildman–Crippen MR) is 61.3 cm³/mol. The van der Waals surface area contributed by atoms with Crippen molar-refractivity contribution >= 4 is 11.6 Å². The Labute approximate surface area is 94.6 Å². The standard InChI is InChI=1S/C11H16ClFN2/c1-8(5-14)6-15-7-9-4-10(12)2-3-11(9)13/h2-4,8,15H,5-7,14H2,1H3. The van der Waals surface area contributed by atoms with E-state index in [-0.39, 0.29) is 5.82 Å². The maximum Gasteiger partial charge on any atom is 0.127 e. The molecule has 4 heteroatoms. The maximum absolute atomic E-state index is 13.3. The van der Waals surface area contributed by atoms with Gasteiger partial charge in [-0.1, -0.05) is 18.5 Å². The van der Waals surface area contributed by atoms with E-state index in [0.717, 1.165) is 6.54 Å². The van der Waals surface area contributed by atoms with E-state index in [1.54, 1.807) is 12.1 Å². The van der Waals surface area contributed by atoms with Gasteiger partial charge in [0.25, 0.3) is 0 Å². The SMILES string of the molecule is CC(CN)CNCc1cc(Cl)ccc1F. The van der Waals surface area contributed by atoms with E-state index >= 15 is 0 Å². The predicted octanol–water partition coefficient (Wildman–Crippen LogP) is 2.16. The Morgan fingerprint density at radius 1 is 1.53 bits per heavy atom. The van der Waals surface area contributed by atoms with Crippen molar-refractivity contribution in [2.45, 2.75) is 13.5 Å². The average molecular weight is 231 g/mol. The number of hydrogen-bond donors (Lipinski definition) is 2. The fourth-order valence-electron chi connectivity index (χ4n) is 1.22. The van der Waals surface area contributed by atoms with Crippen molar-refractivity contribution < 1.29 is 4.39 Å². The van der Waals surface area contributed by atoms with Gasteiger partial charge in [0.15, 0.2) is 0 Å². The van der Waals surface area contributed by atoms with Crippen LogP contribution in [0.5, 0.6) is 0 Å². The third kappa shape index (κ3) is 4.16. The third-order valence-electron chi connectivity index (χ3n) is 2.22. The summed E-state index contributed by atoms with van der Waals surface area (Å²) in [7, 11) is 0. The summed E-state index contributed by atoms with van der Waals surface area (Å²) < 4.78 is 13.3. The molecule has 1 aromatic rings. The fourth-order valence-corrected chi connectivity index (χ4v) is 1.41. The Morgan fingerprint density at radius 2 is 2.27 bits per heavy atom. The topological polar surface area (TPSA) is 38.0 Å². The molecule has 0 amide bonds. The molecule has 0 fully saturated rings. The van der Waals surface area contributed by atoms with Gasteiger partial charge in [-0.25, -0.2) is 4.39 Å². The highest BCUT2D eigenvalue weighted by atomic mass is 35.5. The Morgan fingerprint density at radius 3 is 2.93 bits per heavy atom. The Bertz CT molecular complexity index is 317. The van der Waals surface area contributed by atoms with Crippen molar-refractivity contribution in [1.29, 1.82) is 0 Å². The largest absolute Gasteiger partial charge is 0.330 e. The number of nitrogens with two attached hydrogens (primary N) is 1. The zero-order valence-electron chi connectivity index (χ0n) is 8.76. The number of benzene rings is 1. The summed E-state index contributed by atoms with van der Waals surface area (Å²) in [5.41, 5.74) is 6.06. The number of nitrogens with one attached hydrogen (secondary N) is 1. The zero-order chi connectivity index (χ0) is 11.3. The van der Waals surface area contributed by atoms with Gasteiger partial charge in [0.2, 0.25) is 0 Å². The number of halogens is 2. The van der Waals surface area contributed by atoms with Crippen LogP contribution in [0.2, 0.25) is 5.02 Å². The molecule has 0 aliphatic rings. The molecular formula is C11H16ClFN2. The van der Waals surface area contributed by atoms with Gasteiger partial charge in [-0.2, -0.15) is 0 Å². The first-order valence-electron chi connectivity index (χ1n) is 4.98. The molecular weight excluding hydrogens is 215 g/mol. The molecule has 1 aromatic carbocycles.